The Kier molecular flexibility index (Phi) is 4.10. The fraction of sp³-hybridized carbons (Fsp3) is 0.588. The van der Waals surface area contributed by atoms with Crippen molar-refractivity contribution in [2.75, 3.05) is 13.1 Å². The highest BCUT2D eigenvalue weighted by atomic mass is 16.4. The Morgan fingerprint density at radius 3 is 2.65 bits per heavy atom. The average Bonchev–Trinajstić information content (AvgIpc) is 2.82. The summed E-state index contributed by atoms with van der Waals surface area (Å²) in [6, 6.07) is 3.45. The molecule has 0 bridgehead atoms. The molecular formula is C17H24N4O2. The summed E-state index contributed by atoms with van der Waals surface area (Å²) in [5.74, 6) is 2.05. The van der Waals surface area contributed by atoms with Crippen LogP contribution in [0.15, 0.2) is 27.5 Å². The summed E-state index contributed by atoms with van der Waals surface area (Å²) in [5.41, 5.74) is 0.868. The molecule has 1 fully saturated rings. The number of aromatic nitrogens is 3. The van der Waals surface area contributed by atoms with Crippen molar-refractivity contribution >= 4 is 0 Å². The lowest BCUT2D eigenvalue weighted by Crippen LogP contribution is -2.49. The third kappa shape index (κ3) is 3.69. The average molecular weight is 316 g/mol. The molecule has 0 spiro atoms. The topological polar surface area (TPSA) is 64.2 Å². The van der Waals surface area contributed by atoms with E-state index in [2.05, 4.69) is 35.8 Å². The summed E-state index contributed by atoms with van der Waals surface area (Å²) in [7, 11) is 0. The first kappa shape index (κ1) is 15.9. The van der Waals surface area contributed by atoms with Gasteiger partial charge in [0.2, 0.25) is 5.89 Å². The lowest BCUT2D eigenvalue weighted by atomic mass is 9.92. The standard InChI is InChI=1S/C17H24N4O2/c1-12-7-18-15(23-12)11-20-8-13(9-20)10-21-16(22)6-5-14(19-21)17(2,3)4/h5-7,13H,8-11H2,1-4H3. The molecule has 0 amide bonds. The highest BCUT2D eigenvalue weighted by Gasteiger charge is 2.29. The summed E-state index contributed by atoms with van der Waals surface area (Å²) in [6.45, 7) is 11.5. The maximum absolute atomic E-state index is 12.0. The minimum atomic E-state index is -0.0517. The van der Waals surface area contributed by atoms with E-state index in [1.54, 1.807) is 16.9 Å². The van der Waals surface area contributed by atoms with E-state index < -0.39 is 0 Å². The van der Waals surface area contributed by atoms with Gasteiger partial charge in [-0.25, -0.2) is 9.67 Å². The molecule has 0 unspecified atom stereocenters. The quantitative estimate of drug-likeness (QED) is 0.863. The van der Waals surface area contributed by atoms with Crippen molar-refractivity contribution in [2.45, 2.75) is 46.2 Å². The van der Waals surface area contributed by atoms with E-state index in [1.165, 1.54) is 0 Å². The summed E-state index contributed by atoms with van der Waals surface area (Å²) < 4.78 is 7.10. The molecule has 0 saturated carbocycles. The highest BCUT2D eigenvalue weighted by molar-refractivity contribution is 5.10. The van der Waals surface area contributed by atoms with Gasteiger partial charge in [-0.3, -0.25) is 9.69 Å². The van der Waals surface area contributed by atoms with Crippen molar-refractivity contribution in [2.24, 2.45) is 5.92 Å². The van der Waals surface area contributed by atoms with Crippen LogP contribution < -0.4 is 5.56 Å². The minimum Gasteiger partial charge on any atom is -0.445 e. The Labute approximate surface area is 136 Å². The fourth-order valence-corrected chi connectivity index (χ4v) is 2.81. The van der Waals surface area contributed by atoms with Crippen molar-refractivity contribution in [3.63, 3.8) is 0 Å². The third-order valence-corrected chi connectivity index (χ3v) is 4.13. The molecule has 1 aliphatic rings. The molecule has 0 radical (unpaired) electrons. The van der Waals surface area contributed by atoms with Crippen LogP contribution in [0.5, 0.6) is 0 Å². The second kappa shape index (κ2) is 5.92. The van der Waals surface area contributed by atoms with Gasteiger partial charge in [-0.2, -0.15) is 5.10 Å². The molecule has 2 aromatic heterocycles. The molecule has 2 aromatic rings. The van der Waals surface area contributed by atoms with Crippen molar-refractivity contribution in [3.05, 3.63) is 46.0 Å². The Hall–Kier alpha value is -1.95. The van der Waals surface area contributed by atoms with Crippen LogP contribution in [0.3, 0.4) is 0 Å². The number of hydrogen-bond acceptors (Lipinski definition) is 5. The Morgan fingerprint density at radius 1 is 1.30 bits per heavy atom. The first-order valence-corrected chi connectivity index (χ1v) is 8.03. The van der Waals surface area contributed by atoms with E-state index >= 15 is 0 Å². The van der Waals surface area contributed by atoms with Gasteiger partial charge in [0.05, 0.1) is 25.0 Å². The number of hydrogen-bond donors (Lipinski definition) is 0. The molecule has 0 aliphatic carbocycles. The molecule has 0 aromatic carbocycles. The van der Waals surface area contributed by atoms with Gasteiger partial charge in [-0.1, -0.05) is 20.8 Å². The third-order valence-electron chi connectivity index (χ3n) is 4.13. The molecule has 1 saturated heterocycles. The van der Waals surface area contributed by atoms with Crippen molar-refractivity contribution < 1.29 is 4.42 Å². The van der Waals surface area contributed by atoms with Gasteiger partial charge in [-0.05, 0) is 13.0 Å². The number of nitrogens with zero attached hydrogens (tertiary/aromatic N) is 4. The van der Waals surface area contributed by atoms with E-state index in [4.69, 9.17) is 4.42 Å². The fourth-order valence-electron chi connectivity index (χ4n) is 2.81. The lowest BCUT2D eigenvalue weighted by Gasteiger charge is -2.38. The Morgan fingerprint density at radius 2 is 2.04 bits per heavy atom. The first-order valence-electron chi connectivity index (χ1n) is 8.03. The normalized spacial score (nSPS) is 16.5. The number of rotatable bonds is 4. The second-order valence-corrected chi connectivity index (χ2v) is 7.41. The van der Waals surface area contributed by atoms with Crippen molar-refractivity contribution in [3.8, 4) is 0 Å². The van der Waals surface area contributed by atoms with Gasteiger partial charge in [-0.15, -0.1) is 0 Å². The highest BCUT2D eigenvalue weighted by Crippen LogP contribution is 2.21. The van der Waals surface area contributed by atoms with Gasteiger partial charge in [0.25, 0.3) is 5.56 Å². The van der Waals surface area contributed by atoms with Crippen LogP contribution in [-0.2, 0) is 18.5 Å². The van der Waals surface area contributed by atoms with Crippen LogP contribution in [-0.4, -0.2) is 32.8 Å². The van der Waals surface area contributed by atoms with E-state index in [0.29, 0.717) is 12.5 Å². The van der Waals surface area contributed by atoms with Gasteiger partial charge in [0, 0.05) is 30.5 Å². The maximum Gasteiger partial charge on any atom is 0.266 e. The zero-order chi connectivity index (χ0) is 16.6. The van der Waals surface area contributed by atoms with Crippen LogP contribution in [0.1, 0.15) is 38.1 Å². The van der Waals surface area contributed by atoms with E-state index in [1.807, 2.05) is 13.0 Å². The summed E-state index contributed by atoms with van der Waals surface area (Å²) in [4.78, 5) is 18.5. The molecular weight excluding hydrogens is 292 g/mol. The zero-order valence-electron chi connectivity index (χ0n) is 14.2. The van der Waals surface area contributed by atoms with Crippen LogP contribution in [0.25, 0.3) is 0 Å². The predicted octanol–water partition coefficient (Wildman–Crippen LogP) is 1.97. The maximum atomic E-state index is 12.0. The summed E-state index contributed by atoms with van der Waals surface area (Å²) in [6.07, 6.45) is 1.74. The molecule has 6 heteroatoms. The molecule has 3 heterocycles. The van der Waals surface area contributed by atoms with Crippen LogP contribution in [0.2, 0.25) is 0 Å². The molecule has 0 N–H and O–H groups in total. The van der Waals surface area contributed by atoms with E-state index in [0.717, 1.165) is 37.0 Å². The van der Waals surface area contributed by atoms with Crippen molar-refractivity contribution in [1.82, 2.24) is 19.7 Å². The van der Waals surface area contributed by atoms with Gasteiger partial charge >= 0.3 is 0 Å². The molecule has 1 aliphatic heterocycles. The molecule has 0 atom stereocenters. The molecule has 23 heavy (non-hydrogen) atoms. The Balaban J connectivity index is 1.58. The molecule has 3 rings (SSSR count). The van der Waals surface area contributed by atoms with Crippen LogP contribution >= 0.6 is 0 Å². The zero-order valence-corrected chi connectivity index (χ0v) is 14.2. The molecule has 6 nitrogen and oxygen atoms in total. The summed E-state index contributed by atoms with van der Waals surface area (Å²) >= 11 is 0. The van der Waals surface area contributed by atoms with Gasteiger partial charge in [0.1, 0.15) is 5.76 Å². The van der Waals surface area contributed by atoms with Crippen LogP contribution in [0.4, 0.5) is 0 Å². The van der Waals surface area contributed by atoms with Crippen molar-refractivity contribution in [1.29, 1.82) is 0 Å². The van der Waals surface area contributed by atoms with E-state index in [-0.39, 0.29) is 11.0 Å². The van der Waals surface area contributed by atoms with Gasteiger partial charge < -0.3 is 4.42 Å². The lowest BCUT2D eigenvalue weighted by molar-refractivity contribution is 0.0675. The second-order valence-electron chi connectivity index (χ2n) is 7.41. The largest absolute Gasteiger partial charge is 0.445 e. The minimum absolute atomic E-state index is 0.0280. The van der Waals surface area contributed by atoms with Gasteiger partial charge in [0.15, 0.2) is 0 Å². The van der Waals surface area contributed by atoms with E-state index in [9.17, 15) is 4.79 Å². The SMILES string of the molecule is Cc1cnc(CN2CC(Cn3nc(C(C)(C)C)ccc3=O)C2)o1. The van der Waals surface area contributed by atoms with Crippen LogP contribution in [0, 0.1) is 12.8 Å². The number of oxazole rings is 1. The smallest absolute Gasteiger partial charge is 0.266 e. The monoisotopic (exact) mass is 316 g/mol. The molecule has 124 valence electrons. The Bertz CT molecular complexity index is 736. The number of likely N-dealkylation sites (tertiary alicyclic amines) is 1. The predicted molar refractivity (Wildman–Crippen MR) is 87.2 cm³/mol. The summed E-state index contributed by atoms with van der Waals surface area (Å²) in [5, 5.41) is 4.53. The first-order chi connectivity index (χ1) is 10.8. The number of aryl methyl sites for hydroxylation is 1.